The molecule has 1 aromatic rings. The number of anilines is 1. The first-order chi connectivity index (χ1) is 6.63. The van der Waals surface area contributed by atoms with Crippen molar-refractivity contribution in [1.29, 1.82) is 0 Å². The van der Waals surface area contributed by atoms with E-state index in [9.17, 15) is 9.18 Å². The van der Waals surface area contributed by atoms with Gasteiger partial charge in [0.05, 0.1) is 0 Å². The van der Waals surface area contributed by atoms with E-state index >= 15 is 0 Å². The number of carboxylic acids is 1. The average molecular weight is 197 g/mol. The Kier molecular flexibility index (Phi) is 3.45. The van der Waals surface area contributed by atoms with Crippen LogP contribution in [0.3, 0.4) is 0 Å². The quantitative estimate of drug-likeness (QED) is 0.774. The molecule has 76 valence electrons. The molecule has 0 aliphatic carbocycles. The maximum atomic E-state index is 12.8. The van der Waals surface area contributed by atoms with Crippen LogP contribution in [-0.4, -0.2) is 18.1 Å². The lowest BCUT2D eigenvalue weighted by atomic mass is 10.1. The van der Waals surface area contributed by atoms with Gasteiger partial charge in [0.15, 0.2) is 0 Å². The predicted molar refractivity (Wildman–Crippen MR) is 51.9 cm³/mol. The highest BCUT2D eigenvalue weighted by molar-refractivity contribution is 5.67. The van der Waals surface area contributed by atoms with E-state index in [-0.39, 0.29) is 12.2 Å². The van der Waals surface area contributed by atoms with Gasteiger partial charge in [-0.3, -0.25) is 4.79 Å². The third-order valence-corrected chi connectivity index (χ3v) is 1.94. The van der Waals surface area contributed by atoms with Crippen molar-refractivity contribution in [3.05, 3.63) is 29.6 Å². The van der Waals surface area contributed by atoms with Gasteiger partial charge in [-0.1, -0.05) is 0 Å². The molecular formula is C10H12FNO2. The minimum atomic E-state index is -0.878. The van der Waals surface area contributed by atoms with Gasteiger partial charge in [-0.25, -0.2) is 4.39 Å². The lowest BCUT2D eigenvalue weighted by Crippen LogP contribution is -2.01. The summed E-state index contributed by atoms with van der Waals surface area (Å²) in [5, 5.41) is 11.4. The molecule has 0 unspecified atom stereocenters. The number of aliphatic carboxylic acids is 1. The average Bonchev–Trinajstić information content (AvgIpc) is 2.15. The van der Waals surface area contributed by atoms with Crippen molar-refractivity contribution in [3.8, 4) is 0 Å². The molecule has 1 rings (SSSR count). The third-order valence-electron chi connectivity index (χ3n) is 1.94. The number of carbonyl (C=O) groups is 1. The van der Waals surface area contributed by atoms with E-state index < -0.39 is 5.97 Å². The Labute approximate surface area is 81.6 Å². The van der Waals surface area contributed by atoms with Crippen LogP contribution in [0.1, 0.15) is 12.0 Å². The van der Waals surface area contributed by atoms with Gasteiger partial charge in [-0.2, -0.15) is 0 Å². The number of halogens is 1. The molecule has 0 bridgehead atoms. The highest BCUT2D eigenvalue weighted by atomic mass is 19.1. The Bertz CT molecular complexity index is 339. The smallest absolute Gasteiger partial charge is 0.303 e. The molecule has 0 atom stereocenters. The van der Waals surface area contributed by atoms with E-state index in [1.807, 2.05) is 0 Å². The molecule has 1 aromatic carbocycles. The molecule has 0 saturated carbocycles. The second-order valence-electron chi connectivity index (χ2n) is 2.95. The first kappa shape index (κ1) is 10.5. The zero-order valence-electron chi connectivity index (χ0n) is 7.88. The summed E-state index contributed by atoms with van der Waals surface area (Å²) in [4.78, 5) is 10.3. The first-order valence-electron chi connectivity index (χ1n) is 4.31. The monoisotopic (exact) mass is 197 g/mol. The molecule has 0 radical (unpaired) electrons. The predicted octanol–water partition coefficient (Wildman–Crippen LogP) is 1.88. The summed E-state index contributed by atoms with van der Waals surface area (Å²) in [6.45, 7) is 0. The first-order valence-corrected chi connectivity index (χ1v) is 4.31. The van der Waals surface area contributed by atoms with Gasteiger partial charge in [0.1, 0.15) is 5.82 Å². The van der Waals surface area contributed by atoms with E-state index in [1.165, 1.54) is 12.1 Å². The molecule has 0 amide bonds. The summed E-state index contributed by atoms with van der Waals surface area (Å²) in [5.41, 5.74) is 1.46. The molecule has 0 spiro atoms. The van der Waals surface area contributed by atoms with Crippen molar-refractivity contribution < 1.29 is 14.3 Å². The summed E-state index contributed by atoms with van der Waals surface area (Å²) in [6.07, 6.45) is 0.349. The molecule has 0 saturated heterocycles. The van der Waals surface area contributed by atoms with E-state index in [4.69, 9.17) is 5.11 Å². The molecule has 4 heteroatoms. The molecule has 0 aromatic heterocycles. The Morgan fingerprint density at radius 1 is 1.57 bits per heavy atom. The molecule has 2 N–H and O–H groups in total. The maximum Gasteiger partial charge on any atom is 0.303 e. The minimum absolute atomic E-state index is 0.0120. The van der Waals surface area contributed by atoms with Crippen LogP contribution in [0.5, 0.6) is 0 Å². The Balaban J connectivity index is 2.82. The van der Waals surface area contributed by atoms with Crippen LogP contribution in [0.25, 0.3) is 0 Å². The van der Waals surface area contributed by atoms with Crippen LogP contribution >= 0.6 is 0 Å². The van der Waals surface area contributed by atoms with Crippen molar-refractivity contribution in [2.75, 3.05) is 12.4 Å². The van der Waals surface area contributed by atoms with Crippen LogP contribution in [-0.2, 0) is 11.2 Å². The Hall–Kier alpha value is -1.58. The highest BCUT2D eigenvalue weighted by Crippen LogP contribution is 2.17. The van der Waals surface area contributed by atoms with Crippen molar-refractivity contribution in [2.24, 2.45) is 0 Å². The number of hydrogen-bond donors (Lipinski definition) is 2. The minimum Gasteiger partial charge on any atom is -0.481 e. The summed E-state index contributed by atoms with van der Waals surface area (Å²) in [7, 11) is 1.72. The summed E-state index contributed by atoms with van der Waals surface area (Å²) in [5.74, 6) is -1.22. The summed E-state index contributed by atoms with van der Waals surface area (Å²) >= 11 is 0. The molecule has 14 heavy (non-hydrogen) atoms. The van der Waals surface area contributed by atoms with Crippen LogP contribution in [0.4, 0.5) is 10.1 Å². The van der Waals surface area contributed by atoms with E-state index in [0.717, 1.165) is 5.69 Å². The standard InChI is InChI=1S/C10H12FNO2/c1-12-9-4-3-8(11)6-7(9)2-5-10(13)14/h3-4,6,12H,2,5H2,1H3,(H,13,14). The fourth-order valence-electron chi connectivity index (χ4n) is 1.25. The molecule has 3 nitrogen and oxygen atoms in total. The van der Waals surface area contributed by atoms with Crippen LogP contribution in [0.2, 0.25) is 0 Å². The zero-order valence-corrected chi connectivity index (χ0v) is 7.88. The van der Waals surface area contributed by atoms with E-state index in [1.54, 1.807) is 13.1 Å². The van der Waals surface area contributed by atoms with Crippen molar-refractivity contribution in [3.63, 3.8) is 0 Å². The maximum absolute atomic E-state index is 12.8. The van der Waals surface area contributed by atoms with Crippen LogP contribution < -0.4 is 5.32 Å². The van der Waals surface area contributed by atoms with E-state index in [2.05, 4.69) is 5.32 Å². The largest absolute Gasteiger partial charge is 0.481 e. The van der Waals surface area contributed by atoms with Crippen molar-refractivity contribution in [1.82, 2.24) is 0 Å². The van der Waals surface area contributed by atoms with Crippen molar-refractivity contribution in [2.45, 2.75) is 12.8 Å². The number of hydrogen-bond acceptors (Lipinski definition) is 2. The summed E-state index contributed by atoms with van der Waals surface area (Å²) < 4.78 is 12.8. The fraction of sp³-hybridized carbons (Fsp3) is 0.300. The number of rotatable bonds is 4. The zero-order chi connectivity index (χ0) is 10.6. The third kappa shape index (κ3) is 2.73. The second-order valence-corrected chi connectivity index (χ2v) is 2.95. The molecule has 0 fully saturated rings. The van der Waals surface area contributed by atoms with Gasteiger partial charge < -0.3 is 10.4 Å². The molecule has 0 aliphatic rings. The van der Waals surface area contributed by atoms with Crippen LogP contribution in [0.15, 0.2) is 18.2 Å². The number of nitrogens with one attached hydrogen (secondary N) is 1. The highest BCUT2D eigenvalue weighted by Gasteiger charge is 2.05. The van der Waals surface area contributed by atoms with E-state index in [0.29, 0.717) is 12.0 Å². The Morgan fingerprint density at radius 3 is 2.86 bits per heavy atom. The van der Waals surface area contributed by atoms with Gasteiger partial charge in [-0.15, -0.1) is 0 Å². The van der Waals surface area contributed by atoms with Gasteiger partial charge in [0, 0.05) is 19.2 Å². The lowest BCUT2D eigenvalue weighted by molar-refractivity contribution is -0.136. The van der Waals surface area contributed by atoms with Gasteiger partial charge in [-0.05, 0) is 30.2 Å². The fourth-order valence-corrected chi connectivity index (χ4v) is 1.25. The number of benzene rings is 1. The molecule has 0 heterocycles. The molecular weight excluding hydrogens is 185 g/mol. The normalized spacial score (nSPS) is 9.86. The van der Waals surface area contributed by atoms with Crippen LogP contribution in [0, 0.1) is 5.82 Å². The van der Waals surface area contributed by atoms with Gasteiger partial charge >= 0.3 is 5.97 Å². The lowest BCUT2D eigenvalue weighted by Gasteiger charge is -2.07. The number of aryl methyl sites for hydroxylation is 1. The van der Waals surface area contributed by atoms with Gasteiger partial charge in [0.2, 0.25) is 0 Å². The SMILES string of the molecule is CNc1ccc(F)cc1CCC(=O)O. The van der Waals surface area contributed by atoms with Crippen molar-refractivity contribution >= 4 is 11.7 Å². The Morgan fingerprint density at radius 2 is 2.29 bits per heavy atom. The molecule has 0 aliphatic heterocycles. The topological polar surface area (TPSA) is 49.3 Å². The second kappa shape index (κ2) is 4.60. The summed E-state index contributed by atoms with van der Waals surface area (Å²) in [6, 6.07) is 4.30. The number of carboxylic acid groups (broad SMARTS) is 1. The van der Waals surface area contributed by atoms with Gasteiger partial charge in [0.25, 0.3) is 0 Å².